The fourth-order valence-electron chi connectivity index (χ4n) is 11.2. The molecule has 28 heteroatoms. The minimum absolute atomic E-state index is 0.0345. The Morgan fingerprint density at radius 1 is 0.454 bits per heavy atom. The average Bonchev–Trinajstić information content (AvgIpc) is 1.64. The molecule has 0 aromatic heterocycles. The number of nitrogens with zero attached hydrogens (tertiary/aromatic N) is 3. The summed E-state index contributed by atoms with van der Waals surface area (Å²) in [5.74, 6) is 12.6. The van der Waals surface area contributed by atoms with E-state index < -0.39 is 47.5 Å². The summed E-state index contributed by atoms with van der Waals surface area (Å²) in [6, 6.07) is 12.5. The van der Waals surface area contributed by atoms with E-state index in [-0.39, 0.29) is 31.3 Å². The molecular weight excluding hydrogens is 1260 g/mol. The lowest BCUT2D eigenvalue weighted by Crippen LogP contribution is -2.32. The molecule has 3 aliphatic heterocycles. The highest BCUT2D eigenvalue weighted by atomic mass is 16.7. The topological polar surface area (TPSA) is 344 Å². The Hall–Kier alpha value is -8.42. The zero-order valence-electron chi connectivity index (χ0n) is 54.7. The minimum Gasteiger partial charge on any atom is -0.449 e. The van der Waals surface area contributed by atoms with Gasteiger partial charge in [0.2, 0.25) is 0 Å². The standard InChI is InChI=1S/C32H41N3O9.C21H36N2O6.C16H12N2O6/c36-29-10-11-30(37)35(29)25-7-5-6-24(22-25)31(38)33-12-14-40-16-18-42-20-21-43-19-17-41-15-13-34-32(39)44-23-28-26-8-3-1-2-4-9-27(26)28;22-7-9-25-11-13-27-15-16-28-14-12-26-10-8-23-21(24)29-17-20-18-5-3-1-2-4-6-19(18)20;19-12-5-6-13(20)17(12)11-3-1-10(2-4-11)9-16(23)24-18-14(21)7-8-15(18)22/h5-7,10-11,22,26-28H,3-4,8-9,12-21,23H2,(H,33,38)(H,34,39);18-20H,3-17,22H2,(H,23,24);1-6H,7-9H2/t26-,27+,28?;18-,19+,20?;. The molecular formula is C69H89N7O21. The SMILES string of the molecule is NCCOCCOCCOCCOCCNC(=O)OCC1[C@H]2CCC#CCC[C@@H]12.O=C(Cc1ccc(N2C(=O)C=CC2=O)cc1)ON1C(=O)CCC1=O.O=C(NCCOCCOCCOCCOCCNC(=O)c1cccc(N2C(=O)C=CC2=O)c1)OCC1[C@H]2CCC#CCC[C@@H]12. The van der Waals surface area contributed by atoms with Gasteiger partial charge in [-0.1, -0.05) is 18.2 Å². The summed E-state index contributed by atoms with van der Waals surface area (Å²) >= 11 is 0. The lowest BCUT2D eigenvalue weighted by atomic mass is 10.1. The van der Waals surface area contributed by atoms with Crippen molar-refractivity contribution in [1.82, 2.24) is 21.0 Å². The number of hydroxylamine groups is 2. The summed E-state index contributed by atoms with van der Waals surface area (Å²) in [7, 11) is 0. The molecule has 0 spiro atoms. The number of anilines is 2. The van der Waals surface area contributed by atoms with Crippen LogP contribution < -0.4 is 31.5 Å². The average molecular weight is 1350 g/mol. The Bertz CT molecular complexity index is 3050. The molecule has 97 heavy (non-hydrogen) atoms. The van der Waals surface area contributed by atoms with Gasteiger partial charge in [-0.2, -0.15) is 0 Å². The predicted molar refractivity (Wildman–Crippen MR) is 347 cm³/mol. The number of hydrogen-bond donors (Lipinski definition) is 4. The third-order valence-electron chi connectivity index (χ3n) is 16.3. The summed E-state index contributed by atoms with van der Waals surface area (Å²) in [6.45, 7) is 9.80. The highest BCUT2D eigenvalue weighted by Gasteiger charge is 2.50. The van der Waals surface area contributed by atoms with E-state index in [9.17, 15) is 47.9 Å². The van der Waals surface area contributed by atoms with Crippen LogP contribution in [0.25, 0.3) is 0 Å². The van der Waals surface area contributed by atoms with Crippen LogP contribution in [0.2, 0.25) is 0 Å². The maximum Gasteiger partial charge on any atom is 0.407 e. The van der Waals surface area contributed by atoms with Gasteiger partial charge in [0.25, 0.3) is 41.4 Å². The van der Waals surface area contributed by atoms with Crippen LogP contribution in [0.1, 0.15) is 80.1 Å². The number of nitrogens with one attached hydrogen (secondary N) is 3. The van der Waals surface area contributed by atoms with E-state index in [1.807, 2.05) is 0 Å². The maximum absolute atomic E-state index is 12.4. The molecule has 3 fully saturated rings. The zero-order valence-corrected chi connectivity index (χ0v) is 54.7. The summed E-state index contributed by atoms with van der Waals surface area (Å²) in [5, 5.41) is 8.67. The third kappa shape index (κ3) is 27.2. The normalized spacial score (nSPS) is 20.2. The van der Waals surface area contributed by atoms with Crippen molar-refractivity contribution in [1.29, 1.82) is 0 Å². The lowest BCUT2D eigenvalue weighted by molar-refractivity contribution is -0.197. The number of nitrogens with two attached hydrogens (primary N) is 1. The number of amides is 9. The summed E-state index contributed by atoms with van der Waals surface area (Å²) in [6.07, 6.45) is 12.2. The first-order valence-corrected chi connectivity index (χ1v) is 33.0. The number of rotatable bonds is 39. The van der Waals surface area contributed by atoms with Crippen molar-refractivity contribution in [2.24, 2.45) is 41.2 Å². The minimum atomic E-state index is -0.749. The van der Waals surface area contributed by atoms with Crippen LogP contribution in [-0.4, -0.2) is 210 Å². The van der Waals surface area contributed by atoms with Crippen molar-refractivity contribution in [2.45, 2.75) is 70.6 Å². The molecule has 6 atom stereocenters. The van der Waals surface area contributed by atoms with Gasteiger partial charge in [0.05, 0.1) is 137 Å². The molecule has 0 radical (unpaired) electrons. The molecule has 2 unspecified atom stereocenters. The van der Waals surface area contributed by atoms with E-state index in [0.29, 0.717) is 208 Å². The van der Waals surface area contributed by atoms with Crippen LogP contribution in [-0.2, 0) is 92.2 Å². The first kappa shape index (κ1) is 76.0. The summed E-state index contributed by atoms with van der Waals surface area (Å²) in [4.78, 5) is 124. The second-order valence-corrected chi connectivity index (χ2v) is 23.0. The highest BCUT2D eigenvalue weighted by molar-refractivity contribution is 6.29. The number of fused-ring (bicyclic) bond motifs is 2. The molecule has 5 N–H and O–H groups in total. The van der Waals surface area contributed by atoms with E-state index >= 15 is 0 Å². The van der Waals surface area contributed by atoms with Crippen LogP contribution in [0, 0.1) is 59.2 Å². The Morgan fingerprint density at radius 2 is 0.825 bits per heavy atom. The Balaban J connectivity index is 0.000000217. The molecule has 0 bridgehead atoms. The van der Waals surface area contributed by atoms with Gasteiger partial charge in [0.15, 0.2) is 0 Å². The van der Waals surface area contributed by atoms with Gasteiger partial charge in [-0.25, -0.2) is 24.2 Å². The van der Waals surface area contributed by atoms with Crippen molar-refractivity contribution in [3.8, 4) is 23.7 Å². The Kier molecular flexibility index (Phi) is 33.7. The van der Waals surface area contributed by atoms with Crippen molar-refractivity contribution in [2.75, 3.05) is 155 Å². The first-order valence-electron chi connectivity index (χ1n) is 33.0. The van der Waals surface area contributed by atoms with Crippen LogP contribution in [0.4, 0.5) is 21.0 Å². The summed E-state index contributed by atoms with van der Waals surface area (Å²) < 4.78 is 53.9. The Morgan fingerprint density at radius 3 is 1.23 bits per heavy atom. The fraction of sp³-hybridized carbons (Fsp3) is 0.565. The molecule has 3 heterocycles. The maximum atomic E-state index is 12.4. The number of hydrogen-bond acceptors (Lipinski definition) is 22. The van der Waals surface area contributed by atoms with Crippen LogP contribution in [0.5, 0.6) is 0 Å². The smallest absolute Gasteiger partial charge is 0.407 e. The Labute approximate surface area is 564 Å². The van der Waals surface area contributed by atoms with E-state index in [4.69, 9.17) is 57.9 Å². The first-order chi connectivity index (χ1) is 47.3. The number of carbonyl (C=O) groups is 10. The number of benzene rings is 2. The number of ether oxygens (including phenoxy) is 10. The fourth-order valence-corrected chi connectivity index (χ4v) is 11.2. The molecule has 7 aliphatic rings. The third-order valence-corrected chi connectivity index (χ3v) is 16.3. The molecule has 2 saturated carbocycles. The second kappa shape index (κ2) is 43.0. The number of alkyl carbamates (subject to hydrolysis) is 2. The van der Waals surface area contributed by atoms with Crippen molar-refractivity contribution >= 4 is 70.9 Å². The number of imide groups is 3. The van der Waals surface area contributed by atoms with Crippen LogP contribution in [0.15, 0.2) is 72.8 Å². The lowest BCUT2D eigenvalue weighted by Gasteiger charge is -2.15. The molecule has 2 aromatic rings. The van der Waals surface area contributed by atoms with Crippen molar-refractivity contribution in [3.63, 3.8) is 0 Å². The van der Waals surface area contributed by atoms with Crippen molar-refractivity contribution in [3.05, 3.63) is 84.0 Å². The second-order valence-electron chi connectivity index (χ2n) is 23.0. The van der Waals surface area contributed by atoms with Gasteiger partial charge >= 0.3 is 18.2 Å². The van der Waals surface area contributed by atoms with Gasteiger partial charge in [-0.3, -0.25) is 33.6 Å². The van der Waals surface area contributed by atoms with Gasteiger partial charge in [0, 0.05) is 94.6 Å². The molecule has 9 amide bonds. The van der Waals surface area contributed by atoms with Gasteiger partial charge in [-0.15, -0.1) is 28.7 Å². The monoisotopic (exact) mass is 1350 g/mol. The predicted octanol–water partition coefficient (Wildman–Crippen LogP) is 3.52. The van der Waals surface area contributed by atoms with Crippen LogP contribution in [0.3, 0.4) is 0 Å². The van der Waals surface area contributed by atoms with E-state index in [1.54, 1.807) is 30.3 Å². The van der Waals surface area contributed by atoms with E-state index in [2.05, 4.69) is 39.6 Å². The quantitative estimate of drug-likeness (QED) is 0.0422. The van der Waals surface area contributed by atoms with E-state index in [1.165, 1.54) is 42.5 Å². The molecule has 526 valence electrons. The molecule has 2 aromatic carbocycles. The highest BCUT2D eigenvalue weighted by Crippen LogP contribution is 2.53. The molecule has 28 nitrogen and oxygen atoms in total. The van der Waals surface area contributed by atoms with Gasteiger partial charge in [0.1, 0.15) is 0 Å². The van der Waals surface area contributed by atoms with E-state index in [0.717, 1.165) is 61.2 Å². The summed E-state index contributed by atoms with van der Waals surface area (Å²) in [5.41, 5.74) is 6.93. The molecule has 4 aliphatic carbocycles. The van der Waals surface area contributed by atoms with Gasteiger partial charge in [-0.05, 0) is 97.1 Å². The largest absolute Gasteiger partial charge is 0.449 e. The molecule has 9 rings (SSSR count). The van der Waals surface area contributed by atoms with Crippen LogP contribution >= 0.6 is 0 Å². The number of carbonyl (C=O) groups excluding carboxylic acids is 10. The molecule has 1 saturated heterocycles. The van der Waals surface area contributed by atoms with Gasteiger partial charge < -0.3 is 73.9 Å². The van der Waals surface area contributed by atoms with Crippen molar-refractivity contribution < 1.29 is 100 Å². The zero-order chi connectivity index (χ0) is 68.8.